The molecule has 0 amide bonds. The zero-order valence-corrected chi connectivity index (χ0v) is 10.7. The molecule has 0 aliphatic heterocycles. The van der Waals surface area contributed by atoms with E-state index in [0.717, 1.165) is 0 Å². The highest BCUT2D eigenvalue weighted by Crippen LogP contribution is 2.16. The van der Waals surface area contributed by atoms with Gasteiger partial charge in [0.15, 0.2) is 5.12 Å². The summed E-state index contributed by atoms with van der Waals surface area (Å²) in [5.74, 6) is -1.12. The Balaban J connectivity index is 2.74. The first-order chi connectivity index (χ1) is 8.52. The molecular formula is C13H13FO3S. The fourth-order valence-corrected chi connectivity index (χ4v) is 1.91. The molecule has 0 aliphatic rings. The van der Waals surface area contributed by atoms with Crippen molar-refractivity contribution in [2.75, 3.05) is 5.75 Å². The Bertz CT molecular complexity index is 483. The number of thioether (sulfide) groups is 1. The molecule has 0 aromatic heterocycles. The van der Waals surface area contributed by atoms with Crippen molar-refractivity contribution in [1.82, 2.24) is 0 Å². The van der Waals surface area contributed by atoms with Crippen LogP contribution in [-0.4, -0.2) is 21.9 Å². The van der Waals surface area contributed by atoms with Crippen molar-refractivity contribution in [2.45, 2.75) is 13.3 Å². The van der Waals surface area contributed by atoms with Gasteiger partial charge < -0.3 is 5.11 Å². The lowest BCUT2D eigenvalue weighted by Gasteiger charge is -2.02. The molecule has 18 heavy (non-hydrogen) atoms. The van der Waals surface area contributed by atoms with E-state index in [1.54, 1.807) is 6.08 Å². The van der Waals surface area contributed by atoms with Gasteiger partial charge in [-0.25, -0.2) is 9.18 Å². The van der Waals surface area contributed by atoms with Gasteiger partial charge in [0, 0.05) is 18.2 Å². The van der Waals surface area contributed by atoms with Crippen molar-refractivity contribution >= 4 is 28.9 Å². The zero-order chi connectivity index (χ0) is 13.5. The van der Waals surface area contributed by atoms with E-state index in [4.69, 9.17) is 5.11 Å². The minimum atomic E-state index is -1.16. The van der Waals surface area contributed by atoms with Gasteiger partial charge >= 0.3 is 5.97 Å². The van der Waals surface area contributed by atoms with Gasteiger partial charge in [-0.2, -0.15) is 0 Å². The van der Waals surface area contributed by atoms with Crippen molar-refractivity contribution in [3.05, 3.63) is 41.2 Å². The number of hydrogen-bond acceptors (Lipinski definition) is 3. The molecule has 0 fully saturated rings. The number of halogens is 1. The number of allylic oxidation sites excluding steroid dienone is 1. The van der Waals surface area contributed by atoms with Crippen LogP contribution >= 0.6 is 11.8 Å². The molecule has 96 valence electrons. The van der Waals surface area contributed by atoms with Crippen molar-refractivity contribution in [3.8, 4) is 0 Å². The van der Waals surface area contributed by atoms with Gasteiger partial charge in [0.25, 0.3) is 0 Å². The third-order valence-electron chi connectivity index (χ3n) is 2.16. The zero-order valence-electron chi connectivity index (χ0n) is 9.85. The Morgan fingerprint density at radius 3 is 2.78 bits per heavy atom. The molecule has 1 aromatic carbocycles. The Kier molecular flexibility index (Phi) is 5.58. The molecule has 1 rings (SSSR count). The van der Waals surface area contributed by atoms with E-state index in [2.05, 4.69) is 0 Å². The average Bonchev–Trinajstić information content (AvgIpc) is 2.29. The highest BCUT2D eigenvalue weighted by molar-refractivity contribution is 8.13. The van der Waals surface area contributed by atoms with E-state index in [1.165, 1.54) is 43.0 Å². The number of carbonyl (C=O) groups excluding carboxylic acids is 1. The normalized spacial score (nSPS) is 10.8. The Labute approximate surface area is 109 Å². The third kappa shape index (κ3) is 4.33. The SMILES string of the molecule is CC(=O)SCCC=Cc1c(F)cccc1C(=O)O. The molecule has 5 heteroatoms. The Morgan fingerprint density at radius 2 is 2.17 bits per heavy atom. The van der Waals surface area contributed by atoms with E-state index in [9.17, 15) is 14.0 Å². The van der Waals surface area contributed by atoms with Crippen LogP contribution in [0.25, 0.3) is 6.08 Å². The molecule has 0 saturated carbocycles. The molecule has 0 radical (unpaired) electrons. The maximum atomic E-state index is 13.5. The van der Waals surface area contributed by atoms with E-state index in [-0.39, 0.29) is 16.2 Å². The van der Waals surface area contributed by atoms with Crippen LogP contribution in [0.3, 0.4) is 0 Å². The van der Waals surface area contributed by atoms with Gasteiger partial charge in [0.1, 0.15) is 5.82 Å². The summed E-state index contributed by atoms with van der Waals surface area (Å²) in [6.45, 7) is 1.48. The van der Waals surface area contributed by atoms with Crippen LogP contribution in [0.15, 0.2) is 24.3 Å². The number of hydrogen-bond donors (Lipinski definition) is 1. The van der Waals surface area contributed by atoms with Crippen LogP contribution in [0, 0.1) is 5.82 Å². The second-order valence-corrected chi connectivity index (χ2v) is 4.81. The quantitative estimate of drug-likeness (QED) is 0.833. The minimum absolute atomic E-state index is 0.0283. The van der Waals surface area contributed by atoms with Gasteiger partial charge in [0.2, 0.25) is 0 Å². The lowest BCUT2D eigenvalue weighted by atomic mass is 10.1. The number of carboxylic acids is 1. The number of benzene rings is 1. The second kappa shape index (κ2) is 6.96. The molecule has 0 atom stereocenters. The lowest BCUT2D eigenvalue weighted by Crippen LogP contribution is -2.01. The second-order valence-electron chi connectivity index (χ2n) is 3.54. The fourth-order valence-electron chi connectivity index (χ4n) is 1.36. The molecule has 0 bridgehead atoms. The molecule has 1 N–H and O–H groups in total. The van der Waals surface area contributed by atoms with Crippen LogP contribution in [0.1, 0.15) is 29.3 Å². The van der Waals surface area contributed by atoms with Crippen molar-refractivity contribution in [1.29, 1.82) is 0 Å². The highest BCUT2D eigenvalue weighted by Gasteiger charge is 2.11. The summed E-state index contributed by atoms with van der Waals surface area (Å²) in [5.41, 5.74) is 0.00305. The molecule has 0 aliphatic carbocycles. The van der Waals surface area contributed by atoms with Crippen LogP contribution in [-0.2, 0) is 4.79 Å². The van der Waals surface area contributed by atoms with Crippen molar-refractivity contribution in [2.24, 2.45) is 0 Å². The maximum Gasteiger partial charge on any atom is 0.336 e. The van der Waals surface area contributed by atoms with E-state index in [1.807, 2.05) is 0 Å². The largest absolute Gasteiger partial charge is 0.478 e. The fraction of sp³-hybridized carbons (Fsp3) is 0.231. The molecule has 0 heterocycles. The Hall–Kier alpha value is -1.62. The first-order valence-electron chi connectivity index (χ1n) is 5.34. The third-order valence-corrected chi connectivity index (χ3v) is 3.00. The predicted octanol–water partition coefficient (Wildman–Crippen LogP) is 3.21. The van der Waals surface area contributed by atoms with Gasteiger partial charge in [-0.15, -0.1) is 0 Å². The summed E-state index contributed by atoms with van der Waals surface area (Å²) in [7, 11) is 0. The number of carboxylic acid groups (broad SMARTS) is 1. The van der Waals surface area contributed by atoms with Gasteiger partial charge in [-0.3, -0.25) is 4.79 Å². The molecule has 1 aromatic rings. The monoisotopic (exact) mass is 268 g/mol. The van der Waals surface area contributed by atoms with Gasteiger partial charge in [0.05, 0.1) is 5.56 Å². The molecule has 3 nitrogen and oxygen atoms in total. The summed E-state index contributed by atoms with van der Waals surface area (Å²) in [5, 5.41) is 8.94. The smallest absolute Gasteiger partial charge is 0.336 e. The summed E-state index contributed by atoms with van der Waals surface area (Å²) >= 11 is 1.18. The molecule has 0 spiro atoms. The minimum Gasteiger partial charge on any atom is -0.478 e. The van der Waals surface area contributed by atoms with Crippen molar-refractivity contribution < 1.29 is 19.1 Å². The van der Waals surface area contributed by atoms with Gasteiger partial charge in [-0.1, -0.05) is 30.0 Å². The number of carbonyl (C=O) groups is 2. The summed E-state index contributed by atoms with van der Waals surface area (Å²) in [6.07, 6.45) is 3.69. The van der Waals surface area contributed by atoms with Crippen molar-refractivity contribution in [3.63, 3.8) is 0 Å². The van der Waals surface area contributed by atoms with Crippen LogP contribution in [0.4, 0.5) is 4.39 Å². The van der Waals surface area contributed by atoms with Crippen LogP contribution < -0.4 is 0 Å². The highest BCUT2D eigenvalue weighted by atomic mass is 32.2. The Morgan fingerprint density at radius 1 is 1.44 bits per heavy atom. The van der Waals surface area contributed by atoms with E-state index < -0.39 is 11.8 Å². The molecule has 0 unspecified atom stereocenters. The predicted molar refractivity (Wildman–Crippen MR) is 70.1 cm³/mol. The van der Waals surface area contributed by atoms with E-state index >= 15 is 0 Å². The summed E-state index contributed by atoms with van der Waals surface area (Å²) < 4.78 is 13.5. The van der Waals surface area contributed by atoms with Gasteiger partial charge in [-0.05, 0) is 18.6 Å². The standard InChI is InChI=1S/C13H13FO3S/c1-9(15)18-8-3-2-5-10-11(13(16)17)6-4-7-12(10)14/h2,4-7H,3,8H2,1H3,(H,16,17). The van der Waals surface area contributed by atoms with E-state index in [0.29, 0.717) is 12.2 Å². The van der Waals surface area contributed by atoms with Crippen LogP contribution in [0.2, 0.25) is 0 Å². The maximum absolute atomic E-state index is 13.5. The molecular weight excluding hydrogens is 255 g/mol. The number of rotatable bonds is 5. The number of aromatic carboxylic acids is 1. The lowest BCUT2D eigenvalue weighted by molar-refractivity contribution is -0.109. The first-order valence-corrected chi connectivity index (χ1v) is 6.32. The molecule has 0 saturated heterocycles. The summed E-state index contributed by atoms with van der Waals surface area (Å²) in [6, 6.07) is 3.94. The first kappa shape index (κ1) is 14.4. The van der Waals surface area contributed by atoms with Crippen LogP contribution in [0.5, 0.6) is 0 Å². The topological polar surface area (TPSA) is 54.4 Å². The average molecular weight is 268 g/mol. The summed E-state index contributed by atoms with van der Waals surface area (Å²) in [4.78, 5) is 21.6.